The standard InChI is InChI=1S/C17H23ClN2O5/c1-24-13-4-3-11(14(18)15(13)25-2)5-8-19-17(23)20-9-6-12(7-10-20)16(21)22/h3-4,12H,5-10H2,1-2H3,(H,19,23)(H,21,22). The molecule has 2 rings (SSSR count). The van der Waals surface area contributed by atoms with Crippen molar-refractivity contribution in [1.29, 1.82) is 0 Å². The van der Waals surface area contributed by atoms with E-state index < -0.39 is 5.97 Å². The van der Waals surface area contributed by atoms with Gasteiger partial charge in [0.15, 0.2) is 11.5 Å². The van der Waals surface area contributed by atoms with Crippen molar-refractivity contribution in [2.24, 2.45) is 5.92 Å². The monoisotopic (exact) mass is 370 g/mol. The molecule has 2 N–H and O–H groups in total. The summed E-state index contributed by atoms with van der Waals surface area (Å²) in [7, 11) is 3.07. The van der Waals surface area contributed by atoms with Crippen LogP contribution in [0.3, 0.4) is 0 Å². The number of carbonyl (C=O) groups excluding carboxylic acids is 1. The molecular weight excluding hydrogens is 348 g/mol. The zero-order valence-corrected chi connectivity index (χ0v) is 15.1. The van der Waals surface area contributed by atoms with Crippen LogP contribution in [-0.2, 0) is 11.2 Å². The Kier molecular flexibility index (Phi) is 6.75. The number of nitrogens with one attached hydrogen (secondary N) is 1. The average molecular weight is 371 g/mol. The minimum Gasteiger partial charge on any atom is -0.493 e. The van der Waals surface area contributed by atoms with Crippen LogP contribution in [0, 0.1) is 5.92 Å². The molecule has 0 aromatic heterocycles. The van der Waals surface area contributed by atoms with Crippen LogP contribution in [-0.4, -0.2) is 55.9 Å². The van der Waals surface area contributed by atoms with Gasteiger partial charge in [-0.1, -0.05) is 17.7 Å². The molecule has 0 aliphatic carbocycles. The first-order chi connectivity index (χ1) is 12.0. The third-order valence-electron chi connectivity index (χ3n) is 4.37. The van der Waals surface area contributed by atoms with Crippen molar-refractivity contribution in [2.75, 3.05) is 33.9 Å². The van der Waals surface area contributed by atoms with Crippen molar-refractivity contribution in [3.05, 3.63) is 22.7 Å². The van der Waals surface area contributed by atoms with E-state index in [1.165, 1.54) is 7.11 Å². The number of amides is 2. The molecule has 0 unspecified atom stereocenters. The molecule has 1 aliphatic rings. The second kappa shape index (κ2) is 8.80. The van der Waals surface area contributed by atoms with Gasteiger partial charge < -0.3 is 24.8 Å². The Morgan fingerprint density at radius 1 is 1.28 bits per heavy atom. The minimum absolute atomic E-state index is 0.180. The first-order valence-electron chi connectivity index (χ1n) is 8.12. The number of hydrogen-bond acceptors (Lipinski definition) is 4. The van der Waals surface area contributed by atoms with E-state index in [9.17, 15) is 9.59 Å². The number of methoxy groups -OCH3 is 2. The number of likely N-dealkylation sites (tertiary alicyclic amines) is 1. The largest absolute Gasteiger partial charge is 0.493 e. The van der Waals surface area contributed by atoms with Crippen LogP contribution in [0.1, 0.15) is 18.4 Å². The summed E-state index contributed by atoms with van der Waals surface area (Å²) in [6, 6.07) is 3.44. The van der Waals surface area contributed by atoms with Gasteiger partial charge in [0.1, 0.15) is 0 Å². The second-order valence-electron chi connectivity index (χ2n) is 5.86. The minimum atomic E-state index is -0.789. The molecule has 0 spiro atoms. The molecule has 1 fully saturated rings. The van der Waals surface area contributed by atoms with E-state index >= 15 is 0 Å². The third-order valence-corrected chi connectivity index (χ3v) is 4.78. The number of carbonyl (C=O) groups is 2. The van der Waals surface area contributed by atoms with Crippen LogP contribution >= 0.6 is 11.6 Å². The number of carboxylic acid groups (broad SMARTS) is 1. The summed E-state index contributed by atoms with van der Waals surface area (Å²) in [5, 5.41) is 12.3. The number of carboxylic acids is 1. The number of ether oxygens (including phenoxy) is 2. The lowest BCUT2D eigenvalue weighted by atomic mass is 9.97. The van der Waals surface area contributed by atoms with E-state index in [1.54, 1.807) is 18.1 Å². The highest BCUT2D eigenvalue weighted by molar-refractivity contribution is 6.33. The number of benzene rings is 1. The summed E-state index contributed by atoms with van der Waals surface area (Å²) in [6.07, 6.45) is 1.53. The van der Waals surface area contributed by atoms with Crippen LogP contribution in [0.5, 0.6) is 11.5 Å². The first-order valence-corrected chi connectivity index (χ1v) is 8.50. The average Bonchev–Trinajstić information content (AvgIpc) is 2.62. The summed E-state index contributed by atoms with van der Waals surface area (Å²) >= 11 is 6.32. The molecule has 1 aromatic rings. The predicted molar refractivity (Wildman–Crippen MR) is 93.6 cm³/mol. The zero-order chi connectivity index (χ0) is 18.4. The first kappa shape index (κ1) is 19.2. The highest BCUT2D eigenvalue weighted by atomic mass is 35.5. The van der Waals surface area contributed by atoms with Crippen molar-refractivity contribution in [1.82, 2.24) is 10.2 Å². The summed E-state index contributed by atoms with van der Waals surface area (Å²) in [5.41, 5.74) is 0.851. The molecule has 25 heavy (non-hydrogen) atoms. The number of hydrogen-bond donors (Lipinski definition) is 2. The number of aliphatic carboxylic acids is 1. The molecule has 0 saturated carbocycles. The van der Waals surface area contributed by atoms with Crippen LogP contribution in [0.25, 0.3) is 0 Å². The van der Waals surface area contributed by atoms with Gasteiger partial charge in [-0.2, -0.15) is 0 Å². The van der Waals surface area contributed by atoms with Gasteiger partial charge in [0.2, 0.25) is 0 Å². The zero-order valence-electron chi connectivity index (χ0n) is 14.4. The Labute approximate surface area is 151 Å². The van der Waals surface area contributed by atoms with E-state index in [0.29, 0.717) is 55.4 Å². The molecule has 1 saturated heterocycles. The van der Waals surface area contributed by atoms with Crippen molar-refractivity contribution in [3.8, 4) is 11.5 Å². The molecule has 1 heterocycles. The quantitative estimate of drug-likeness (QED) is 0.802. The molecular formula is C17H23ClN2O5. The van der Waals surface area contributed by atoms with E-state index in [4.69, 9.17) is 26.2 Å². The van der Waals surface area contributed by atoms with Crippen LogP contribution in [0.4, 0.5) is 4.79 Å². The van der Waals surface area contributed by atoms with Gasteiger partial charge in [-0.3, -0.25) is 4.79 Å². The third kappa shape index (κ3) is 4.69. The number of halogens is 1. The highest BCUT2D eigenvalue weighted by Gasteiger charge is 2.26. The fraction of sp³-hybridized carbons (Fsp3) is 0.529. The van der Waals surface area contributed by atoms with Gasteiger partial charge in [-0.25, -0.2) is 4.79 Å². The topological polar surface area (TPSA) is 88.1 Å². The van der Waals surface area contributed by atoms with E-state index in [1.807, 2.05) is 6.07 Å². The van der Waals surface area contributed by atoms with Gasteiger partial charge in [0.25, 0.3) is 0 Å². The van der Waals surface area contributed by atoms with Gasteiger partial charge in [-0.05, 0) is 30.9 Å². The molecule has 7 nitrogen and oxygen atoms in total. The number of nitrogens with zero attached hydrogens (tertiary/aromatic N) is 1. The van der Waals surface area contributed by atoms with Crippen molar-refractivity contribution < 1.29 is 24.2 Å². The fourth-order valence-corrected chi connectivity index (χ4v) is 3.20. The van der Waals surface area contributed by atoms with Gasteiger partial charge in [-0.15, -0.1) is 0 Å². The lowest BCUT2D eigenvalue weighted by Gasteiger charge is -2.30. The molecule has 8 heteroatoms. The molecule has 2 amide bonds. The lowest BCUT2D eigenvalue weighted by molar-refractivity contribution is -0.143. The SMILES string of the molecule is COc1ccc(CCNC(=O)N2CCC(C(=O)O)CC2)c(Cl)c1OC. The molecule has 0 bridgehead atoms. The smallest absolute Gasteiger partial charge is 0.317 e. The van der Waals surface area contributed by atoms with E-state index in [0.717, 1.165) is 5.56 Å². The summed E-state index contributed by atoms with van der Waals surface area (Å²) in [4.78, 5) is 24.8. The predicted octanol–water partition coefficient (Wildman–Crippen LogP) is 2.41. The van der Waals surface area contributed by atoms with E-state index in [-0.39, 0.29) is 11.9 Å². The van der Waals surface area contributed by atoms with Gasteiger partial charge in [0, 0.05) is 19.6 Å². The van der Waals surface area contributed by atoms with Gasteiger partial charge in [0.05, 0.1) is 25.2 Å². The molecule has 0 radical (unpaired) electrons. The Hall–Kier alpha value is -2.15. The molecule has 1 aromatic carbocycles. The molecule has 138 valence electrons. The lowest BCUT2D eigenvalue weighted by Crippen LogP contribution is -2.45. The summed E-state index contributed by atoms with van der Waals surface area (Å²) in [5.74, 6) is -0.108. The van der Waals surface area contributed by atoms with Crippen molar-refractivity contribution >= 4 is 23.6 Å². The normalized spacial score (nSPS) is 14.9. The molecule has 1 aliphatic heterocycles. The number of urea groups is 1. The number of rotatable bonds is 6. The second-order valence-corrected chi connectivity index (χ2v) is 6.23. The van der Waals surface area contributed by atoms with Crippen LogP contribution < -0.4 is 14.8 Å². The Morgan fingerprint density at radius 3 is 2.52 bits per heavy atom. The fourth-order valence-electron chi connectivity index (χ4n) is 2.87. The Balaban J connectivity index is 1.85. The number of piperidine rings is 1. The summed E-state index contributed by atoms with van der Waals surface area (Å²) in [6.45, 7) is 1.34. The van der Waals surface area contributed by atoms with Crippen molar-refractivity contribution in [3.63, 3.8) is 0 Å². The van der Waals surface area contributed by atoms with E-state index in [2.05, 4.69) is 5.32 Å². The van der Waals surface area contributed by atoms with Gasteiger partial charge >= 0.3 is 12.0 Å². The van der Waals surface area contributed by atoms with Crippen molar-refractivity contribution in [2.45, 2.75) is 19.3 Å². The Bertz CT molecular complexity index is 630. The maximum Gasteiger partial charge on any atom is 0.317 e. The molecule has 0 atom stereocenters. The maximum atomic E-state index is 12.2. The Morgan fingerprint density at radius 2 is 1.96 bits per heavy atom. The maximum absolute atomic E-state index is 12.2. The summed E-state index contributed by atoms with van der Waals surface area (Å²) < 4.78 is 10.5. The highest BCUT2D eigenvalue weighted by Crippen LogP contribution is 2.37. The van der Waals surface area contributed by atoms with Crippen LogP contribution in [0.15, 0.2) is 12.1 Å². The van der Waals surface area contributed by atoms with Crippen LogP contribution in [0.2, 0.25) is 5.02 Å².